The molecule has 0 unspecified atom stereocenters. The first-order chi connectivity index (χ1) is 14.2. The molecule has 1 N–H and O–H groups in total. The van der Waals surface area contributed by atoms with E-state index in [9.17, 15) is 4.79 Å². The topological polar surface area (TPSA) is 47.6 Å². The maximum atomic E-state index is 12.1. The maximum Gasteiger partial charge on any atom is 0.224 e. The van der Waals surface area contributed by atoms with Gasteiger partial charge in [-0.1, -0.05) is 30.3 Å². The number of thioether (sulfide) groups is 1. The lowest BCUT2D eigenvalue weighted by atomic mass is 10.2. The molecule has 0 aliphatic carbocycles. The lowest BCUT2D eigenvalue weighted by Crippen LogP contribution is -2.12. The van der Waals surface area contributed by atoms with Crippen molar-refractivity contribution in [2.24, 2.45) is 0 Å². The van der Waals surface area contributed by atoms with Gasteiger partial charge in [-0.15, -0.1) is 11.8 Å². The van der Waals surface area contributed by atoms with E-state index in [2.05, 4.69) is 29.6 Å². The lowest BCUT2D eigenvalue weighted by Gasteiger charge is -2.08. The van der Waals surface area contributed by atoms with E-state index in [1.165, 1.54) is 10.5 Å². The van der Waals surface area contributed by atoms with Gasteiger partial charge in [-0.2, -0.15) is 0 Å². The van der Waals surface area contributed by atoms with Crippen LogP contribution in [-0.4, -0.2) is 19.6 Å². The fourth-order valence-electron chi connectivity index (χ4n) is 2.69. The number of anilines is 1. The van der Waals surface area contributed by atoms with Gasteiger partial charge < -0.3 is 14.8 Å². The van der Waals surface area contributed by atoms with Crippen molar-refractivity contribution in [2.75, 3.05) is 19.0 Å². The van der Waals surface area contributed by atoms with Gasteiger partial charge >= 0.3 is 0 Å². The summed E-state index contributed by atoms with van der Waals surface area (Å²) in [5.41, 5.74) is 2.05. The van der Waals surface area contributed by atoms with Crippen LogP contribution in [0, 0.1) is 0 Å². The van der Waals surface area contributed by atoms with Gasteiger partial charge in [0.05, 0.1) is 13.7 Å². The highest BCUT2D eigenvalue weighted by molar-refractivity contribution is 7.98. The van der Waals surface area contributed by atoms with E-state index in [1.54, 1.807) is 18.9 Å². The number of amides is 1. The number of methoxy groups -OCH3 is 1. The summed E-state index contributed by atoms with van der Waals surface area (Å²) in [4.78, 5) is 13.4. The van der Waals surface area contributed by atoms with Crippen LogP contribution in [0.25, 0.3) is 0 Å². The molecule has 0 radical (unpaired) electrons. The number of hydrogen-bond donors (Lipinski definition) is 1. The van der Waals surface area contributed by atoms with Gasteiger partial charge in [0.2, 0.25) is 5.91 Å². The van der Waals surface area contributed by atoms with Crippen LogP contribution >= 0.6 is 11.8 Å². The number of hydrogen-bond acceptors (Lipinski definition) is 4. The molecule has 1 amide bonds. The van der Waals surface area contributed by atoms with E-state index >= 15 is 0 Å². The second-order valence-corrected chi connectivity index (χ2v) is 7.52. The molecule has 4 nitrogen and oxygen atoms in total. The van der Waals surface area contributed by atoms with Crippen LogP contribution in [-0.2, 0) is 10.5 Å². The fourth-order valence-corrected chi connectivity index (χ4v) is 3.56. The lowest BCUT2D eigenvalue weighted by molar-refractivity contribution is -0.116. The molecule has 0 saturated heterocycles. The first kappa shape index (κ1) is 20.8. The summed E-state index contributed by atoms with van der Waals surface area (Å²) in [6, 6.07) is 25.8. The third-order valence-electron chi connectivity index (χ3n) is 4.26. The zero-order valence-electron chi connectivity index (χ0n) is 16.5. The first-order valence-corrected chi connectivity index (χ1v) is 10.5. The van der Waals surface area contributed by atoms with Crippen LogP contribution in [0.1, 0.15) is 18.4 Å². The van der Waals surface area contributed by atoms with Crippen molar-refractivity contribution >= 4 is 23.4 Å². The molecule has 0 heterocycles. The number of carbonyl (C=O) groups excluding carboxylic acids is 1. The van der Waals surface area contributed by atoms with Crippen LogP contribution in [0.4, 0.5) is 5.69 Å². The molecule has 0 aliphatic heterocycles. The van der Waals surface area contributed by atoms with Crippen molar-refractivity contribution in [2.45, 2.75) is 23.5 Å². The molecule has 3 rings (SSSR count). The molecule has 29 heavy (non-hydrogen) atoms. The van der Waals surface area contributed by atoms with Crippen LogP contribution in [0.15, 0.2) is 83.8 Å². The molecule has 3 aromatic carbocycles. The Morgan fingerprint density at radius 1 is 0.897 bits per heavy atom. The van der Waals surface area contributed by atoms with Crippen molar-refractivity contribution < 1.29 is 14.3 Å². The summed E-state index contributed by atoms with van der Waals surface area (Å²) in [5.74, 6) is 2.47. The van der Waals surface area contributed by atoms with E-state index in [4.69, 9.17) is 9.47 Å². The Kier molecular flexibility index (Phi) is 8.01. The summed E-state index contributed by atoms with van der Waals surface area (Å²) in [6.07, 6.45) is 1.07. The fraction of sp³-hybridized carbons (Fsp3) is 0.208. The van der Waals surface area contributed by atoms with Crippen molar-refractivity contribution in [3.05, 3.63) is 84.4 Å². The minimum Gasteiger partial charge on any atom is -0.497 e. The maximum absolute atomic E-state index is 12.1. The minimum atomic E-state index is -0.00487. The smallest absolute Gasteiger partial charge is 0.224 e. The summed E-state index contributed by atoms with van der Waals surface area (Å²) in [7, 11) is 1.63. The third-order valence-corrected chi connectivity index (χ3v) is 5.35. The molecule has 0 fully saturated rings. The molecule has 0 aliphatic rings. The Morgan fingerprint density at radius 3 is 2.28 bits per heavy atom. The highest BCUT2D eigenvalue weighted by atomic mass is 32.2. The highest BCUT2D eigenvalue weighted by Gasteiger charge is 2.04. The Balaban J connectivity index is 1.35. The van der Waals surface area contributed by atoms with E-state index in [-0.39, 0.29) is 5.91 Å². The van der Waals surface area contributed by atoms with Crippen LogP contribution in [0.2, 0.25) is 0 Å². The molecule has 3 aromatic rings. The van der Waals surface area contributed by atoms with Gasteiger partial charge in [0, 0.05) is 22.8 Å². The Morgan fingerprint density at radius 2 is 1.59 bits per heavy atom. The SMILES string of the molecule is COc1ccc(OCCCC(=O)Nc2ccc(CSc3ccccc3)cc2)cc1. The second-order valence-electron chi connectivity index (χ2n) is 6.47. The van der Waals surface area contributed by atoms with Crippen molar-refractivity contribution in [1.29, 1.82) is 0 Å². The van der Waals surface area contributed by atoms with Crippen molar-refractivity contribution in [3.63, 3.8) is 0 Å². The quantitative estimate of drug-likeness (QED) is 0.342. The standard InChI is InChI=1S/C24H25NO3S/c1-27-21-13-15-22(16-14-21)28-17-5-8-24(26)25-20-11-9-19(10-12-20)18-29-23-6-3-2-4-7-23/h2-4,6-7,9-16H,5,8,17-18H2,1H3,(H,25,26). The Hall–Kier alpha value is -2.92. The average molecular weight is 408 g/mol. The summed E-state index contributed by atoms with van der Waals surface area (Å²) >= 11 is 1.80. The van der Waals surface area contributed by atoms with Crippen LogP contribution in [0.5, 0.6) is 11.5 Å². The van der Waals surface area contributed by atoms with Crippen molar-refractivity contribution in [1.82, 2.24) is 0 Å². The van der Waals surface area contributed by atoms with Gasteiger partial charge in [0.15, 0.2) is 0 Å². The van der Waals surface area contributed by atoms with Gasteiger partial charge in [-0.25, -0.2) is 0 Å². The number of carbonyl (C=O) groups is 1. The van der Waals surface area contributed by atoms with Gasteiger partial charge in [0.25, 0.3) is 0 Å². The second kappa shape index (κ2) is 11.2. The average Bonchev–Trinajstić information content (AvgIpc) is 2.77. The van der Waals surface area contributed by atoms with Gasteiger partial charge in [0.1, 0.15) is 11.5 Å². The zero-order chi connectivity index (χ0) is 20.3. The number of benzene rings is 3. The Labute approximate surface area is 176 Å². The molecule has 0 bridgehead atoms. The third kappa shape index (κ3) is 7.20. The zero-order valence-corrected chi connectivity index (χ0v) is 17.3. The number of nitrogens with one attached hydrogen (secondary N) is 1. The van der Waals surface area contributed by atoms with Gasteiger partial charge in [-0.3, -0.25) is 4.79 Å². The first-order valence-electron chi connectivity index (χ1n) is 9.56. The molecule has 0 aromatic heterocycles. The molecule has 0 saturated carbocycles. The molecular formula is C24H25NO3S. The molecule has 0 spiro atoms. The summed E-state index contributed by atoms with van der Waals surface area (Å²) in [6.45, 7) is 0.495. The Bertz CT molecular complexity index is 880. The molecule has 0 atom stereocenters. The van der Waals surface area contributed by atoms with Crippen LogP contribution < -0.4 is 14.8 Å². The van der Waals surface area contributed by atoms with Gasteiger partial charge in [-0.05, 0) is 60.5 Å². The predicted octanol–water partition coefficient (Wildman–Crippen LogP) is 5.79. The minimum absolute atomic E-state index is 0.00487. The summed E-state index contributed by atoms with van der Waals surface area (Å²) < 4.78 is 10.8. The largest absolute Gasteiger partial charge is 0.497 e. The van der Waals surface area contributed by atoms with E-state index in [0.717, 1.165) is 22.9 Å². The normalized spacial score (nSPS) is 10.4. The summed E-state index contributed by atoms with van der Waals surface area (Å²) in [5, 5.41) is 2.94. The van der Waals surface area contributed by atoms with E-state index in [1.807, 2.05) is 54.6 Å². The molecular weight excluding hydrogens is 382 g/mol. The van der Waals surface area contributed by atoms with E-state index < -0.39 is 0 Å². The van der Waals surface area contributed by atoms with E-state index in [0.29, 0.717) is 19.4 Å². The molecule has 150 valence electrons. The number of ether oxygens (including phenoxy) is 2. The highest BCUT2D eigenvalue weighted by Crippen LogP contribution is 2.23. The molecule has 5 heteroatoms. The monoisotopic (exact) mass is 407 g/mol. The van der Waals surface area contributed by atoms with Crippen molar-refractivity contribution in [3.8, 4) is 11.5 Å². The van der Waals surface area contributed by atoms with Crippen LogP contribution in [0.3, 0.4) is 0 Å². The number of rotatable bonds is 10. The predicted molar refractivity (Wildman–Crippen MR) is 119 cm³/mol.